The number of carbonyl (C=O) groups is 1. The van der Waals surface area contributed by atoms with Crippen LogP contribution in [0.2, 0.25) is 10.0 Å². The third kappa shape index (κ3) is 5.48. The van der Waals surface area contributed by atoms with Crippen molar-refractivity contribution in [2.45, 2.75) is 44.8 Å². The predicted octanol–water partition coefficient (Wildman–Crippen LogP) is 7.87. The van der Waals surface area contributed by atoms with Gasteiger partial charge in [0.2, 0.25) is 0 Å². The number of hydrogen-bond donors (Lipinski definition) is 0. The van der Waals surface area contributed by atoms with Crippen molar-refractivity contribution in [2.75, 3.05) is 0 Å². The van der Waals surface area contributed by atoms with Crippen LogP contribution >= 0.6 is 63.1 Å². The molecule has 8 heteroatoms. The minimum Gasteiger partial charge on any atom is -0.488 e. The second-order valence-corrected chi connectivity index (χ2v) is 11.0. The van der Waals surface area contributed by atoms with Crippen LogP contribution in [-0.4, -0.2) is 21.2 Å². The Morgan fingerprint density at radius 1 is 1.16 bits per heavy atom. The van der Waals surface area contributed by atoms with Gasteiger partial charge in [-0.2, -0.15) is 0 Å². The largest absolute Gasteiger partial charge is 0.488 e. The van der Waals surface area contributed by atoms with Crippen molar-refractivity contribution in [1.82, 2.24) is 4.90 Å². The molecule has 2 aliphatic rings. The topological polar surface area (TPSA) is 29.5 Å². The quantitative estimate of drug-likeness (QED) is 0.277. The van der Waals surface area contributed by atoms with Crippen molar-refractivity contribution in [3.05, 3.63) is 66.9 Å². The molecule has 1 saturated carbocycles. The number of rotatable bonds is 5. The van der Waals surface area contributed by atoms with Crippen LogP contribution in [0.15, 0.2) is 45.8 Å². The third-order valence-corrected chi connectivity index (χ3v) is 7.83. The van der Waals surface area contributed by atoms with Gasteiger partial charge in [-0.25, -0.2) is 0 Å². The summed E-state index contributed by atoms with van der Waals surface area (Å²) in [5.41, 5.74) is 1.65. The minimum atomic E-state index is -0.00595. The van der Waals surface area contributed by atoms with E-state index in [1.165, 1.54) is 18.2 Å². The molecule has 31 heavy (non-hydrogen) atoms. The fraction of sp³-hybridized carbons (Fsp3) is 0.304. The summed E-state index contributed by atoms with van der Waals surface area (Å²) < 4.78 is 7.60. The van der Waals surface area contributed by atoms with E-state index >= 15 is 0 Å². The minimum absolute atomic E-state index is 0.00595. The Morgan fingerprint density at radius 2 is 1.94 bits per heavy atom. The summed E-state index contributed by atoms with van der Waals surface area (Å²) in [6.07, 6.45) is 7.44. The summed E-state index contributed by atoms with van der Waals surface area (Å²) in [7, 11) is 0. The number of nitrogens with zero attached hydrogens (tertiary/aromatic N) is 1. The van der Waals surface area contributed by atoms with Gasteiger partial charge in [0.05, 0.1) is 4.91 Å². The molecule has 4 rings (SSSR count). The molecule has 0 radical (unpaired) electrons. The van der Waals surface area contributed by atoms with E-state index in [1.807, 2.05) is 35.2 Å². The van der Waals surface area contributed by atoms with Crippen LogP contribution < -0.4 is 4.74 Å². The average Bonchev–Trinajstić information content (AvgIpc) is 3.02. The second kappa shape index (κ2) is 10.3. The summed E-state index contributed by atoms with van der Waals surface area (Å²) in [6.45, 7) is 0.293. The summed E-state index contributed by atoms with van der Waals surface area (Å²) in [6, 6.07) is 11.3. The van der Waals surface area contributed by atoms with Crippen molar-refractivity contribution >= 4 is 79.4 Å². The Balaban J connectivity index is 1.56. The molecule has 1 amide bonds. The van der Waals surface area contributed by atoms with E-state index in [1.54, 1.807) is 12.1 Å². The van der Waals surface area contributed by atoms with E-state index in [4.69, 9.17) is 40.2 Å². The first kappa shape index (κ1) is 23.1. The van der Waals surface area contributed by atoms with Gasteiger partial charge in [0.15, 0.2) is 0 Å². The standard InChI is InChI=1S/C23H20BrCl2NO2S2/c24-16-7-9-20(29-13-14-6-8-17(25)12-19(14)26)15(10-16)11-21-22(28)27(23(30)31-21)18-4-2-1-3-5-18/h6-12,18H,1-5,13H2/b21-11+. The van der Waals surface area contributed by atoms with Crippen LogP contribution in [0.5, 0.6) is 5.75 Å². The normalized spacial score (nSPS) is 18.8. The molecular formula is C23H20BrCl2NO2S2. The van der Waals surface area contributed by atoms with E-state index in [0.717, 1.165) is 41.3 Å². The van der Waals surface area contributed by atoms with Crippen molar-refractivity contribution in [2.24, 2.45) is 0 Å². The van der Waals surface area contributed by atoms with E-state index in [0.29, 0.717) is 31.6 Å². The number of ether oxygens (including phenoxy) is 1. The van der Waals surface area contributed by atoms with Crippen LogP contribution in [0, 0.1) is 0 Å². The molecule has 1 heterocycles. The fourth-order valence-electron chi connectivity index (χ4n) is 3.83. The molecule has 0 atom stereocenters. The number of amides is 1. The molecule has 3 nitrogen and oxygen atoms in total. The second-order valence-electron chi connectivity index (χ2n) is 7.55. The first-order valence-corrected chi connectivity index (χ1v) is 12.8. The van der Waals surface area contributed by atoms with Gasteiger partial charge in [0.25, 0.3) is 5.91 Å². The predicted molar refractivity (Wildman–Crippen MR) is 137 cm³/mol. The van der Waals surface area contributed by atoms with Crippen LogP contribution in [0.4, 0.5) is 0 Å². The molecule has 0 spiro atoms. The zero-order valence-corrected chi connectivity index (χ0v) is 21.3. The third-order valence-electron chi connectivity index (χ3n) is 5.42. The van der Waals surface area contributed by atoms with Gasteiger partial charge in [0.1, 0.15) is 16.7 Å². The summed E-state index contributed by atoms with van der Waals surface area (Å²) in [5.74, 6) is 0.658. The molecular weight excluding hydrogens is 537 g/mol. The maximum Gasteiger partial charge on any atom is 0.266 e. The van der Waals surface area contributed by atoms with E-state index in [2.05, 4.69) is 15.9 Å². The fourth-order valence-corrected chi connectivity index (χ4v) is 6.07. The van der Waals surface area contributed by atoms with Gasteiger partial charge in [-0.05, 0) is 49.2 Å². The molecule has 162 valence electrons. The SMILES string of the molecule is O=C1/C(=C\c2cc(Br)ccc2OCc2ccc(Cl)cc2Cl)SC(=S)N1C1CCCCC1. The zero-order valence-electron chi connectivity index (χ0n) is 16.6. The highest BCUT2D eigenvalue weighted by atomic mass is 79.9. The van der Waals surface area contributed by atoms with Crippen LogP contribution in [-0.2, 0) is 11.4 Å². The molecule has 1 aliphatic carbocycles. The van der Waals surface area contributed by atoms with Crippen molar-refractivity contribution in [1.29, 1.82) is 0 Å². The Labute approximate surface area is 210 Å². The zero-order chi connectivity index (χ0) is 22.0. The van der Waals surface area contributed by atoms with Gasteiger partial charge in [-0.15, -0.1) is 0 Å². The van der Waals surface area contributed by atoms with Crippen LogP contribution in [0.3, 0.4) is 0 Å². The molecule has 0 N–H and O–H groups in total. The monoisotopic (exact) mass is 555 g/mol. The lowest BCUT2D eigenvalue weighted by Gasteiger charge is -2.29. The van der Waals surface area contributed by atoms with Crippen molar-refractivity contribution in [3.63, 3.8) is 0 Å². The summed E-state index contributed by atoms with van der Waals surface area (Å²) in [4.78, 5) is 15.6. The van der Waals surface area contributed by atoms with Gasteiger partial charge in [-0.3, -0.25) is 9.69 Å². The lowest BCUT2D eigenvalue weighted by molar-refractivity contribution is -0.124. The average molecular weight is 557 g/mol. The maximum atomic E-state index is 13.1. The lowest BCUT2D eigenvalue weighted by atomic mass is 9.94. The van der Waals surface area contributed by atoms with Crippen LogP contribution in [0.25, 0.3) is 6.08 Å². The number of hydrogen-bond acceptors (Lipinski definition) is 4. The van der Waals surface area contributed by atoms with Gasteiger partial charge in [-0.1, -0.05) is 88.4 Å². The molecule has 2 aromatic rings. The number of benzene rings is 2. The molecule has 2 fully saturated rings. The van der Waals surface area contributed by atoms with Crippen LogP contribution in [0.1, 0.15) is 43.2 Å². The van der Waals surface area contributed by atoms with Crippen molar-refractivity contribution in [3.8, 4) is 5.75 Å². The van der Waals surface area contributed by atoms with E-state index < -0.39 is 0 Å². The summed E-state index contributed by atoms with van der Waals surface area (Å²) >= 11 is 22.7. The molecule has 0 bridgehead atoms. The number of thiocarbonyl (C=S) groups is 1. The first-order chi connectivity index (χ1) is 14.9. The van der Waals surface area contributed by atoms with E-state index in [9.17, 15) is 4.79 Å². The lowest BCUT2D eigenvalue weighted by Crippen LogP contribution is -2.39. The Bertz CT molecular complexity index is 1050. The summed E-state index contributed by atoms with van der Waals surface area (Å²) in [5, 5.41) is 1.14. The molecule has 1 aliphatic heterocycles. The Morgan fingerprint density at radius 3 is 2.68 bits per heavy atom. The molecule has 0 unspecified atom stereocenters. The molecule has 0 aromatic heterocycles. The number of thioether (sulfide) groups is 1. The Kier molecular flexibility index (Phi) is 7.65. The van der Waals surface area contributed by atoms with Gasteiger partial charge >= 0.3 is 0 Å². The highest BCUT2D eigenvalue weighted by molar-refractivity contribution is 9.10. The highest BCUT2D eigenvalue weighted by Crippen LogP contribution is 2.39. The Hall–Kier alpha value is -1.05. The highest BCUT2D eigenvalue weighted by Gasteiger charge is 2.37. The van der Waals surface area contributed by atoms with Gasteiger partial charge in [0, 0.05) is 31.7 Å². The molecule has 2 aromatic carbocycles. The number of carbonyl (C=O) groups excluding carboxylic acids is 1. The van der Waals surface area contributed by atoms with E-state index in [-0.39, 0.29) is 11.9 Å². The van der Waals surface area contributed by atoms with Crippen molar-refractivity contribution < 1.29 is 9.53 Å². The smallest absolute Gasteiger partial charge is 0.266 e. The molecule has 1 saturated heterocycles. The van der Waals surface area contributed by atoms with Gasteiger partial charge < -0.3 is 4.74 Å². The first-order valence-electron chi connectivity index (χ1n) is 10.1. The maximum absolute atomic E-state index is 13.1. The number of halogens is 3.